The lowest BCUT2D eigenvalue weighted by molar-refractivity contribution is 0.137. The van der Waals surface area contributed by atoms with E-state index in [2.05, 4.69) is 0 Å². The van der Waals surface area contributed by atoms with Crippen molar-refractivity contribution in [2.45, 2.75) is 15.9 Å². The van der Waals surface area contributed by atoms with Crippen molar-refractivity contribution in [3.8, 4) is 17.2 Å². The van der Waals surface area contributed by atoms with Gasteiger partial charge in [0.05, 0.1) is 20.1 Å². The van der Waals surface area contributed by atoms with E-state index in [-0.39, 0.29) is 17.7 Å². The smallest absolute Gasteiger partial charge is 0.174 e. The van der Waals surface area contributed by atoms with E-state index in [0.29, 0.717) is 17.2 Å². The van der Waals surface area contributed by atoms with Crippen LogP contribution in [0.4, 0.5) is 4.39 Å². The van der Waals surface area contributed by atoms with E-state index in [1.54, 1.807) is 26.4 Å². The Morgan fingerprint density at radius 1 is 0.900 bits per heavy atom. The molecule has 0 unspecified atom stereocenters. The van der Waals surface area contributed by atoms with Crippen molar-refractivity contribution in [3.63, 3.8) is 0 Å². The highest BCUT2D eigenvalue weighted by Gasteiger charge is 2.83. The molecule has 5 rings (SSSR count). The van der Waals surface area contributed by atoms with E-state index in [1.807, 2.05) is 42.5 Å². The molecule has 1 fully saturated rings. The van der Waals surface area contributed by atoms with Crippen LogP contribution in [-0.2, 0) is 5.60 Å². The topological polar surface area (TPSA) is 27.7 Å². The molecule has 0 bridgehead atoms. The number of methoxy groups -OCH3 is 2. The van der Waals surface area contributed by atoms with Gasteiger partial charge in [0, 0.05) is 17.0 Å². The molecule has 0 amide bonds. The number of rotatable bonds is 4. The van der Waals surface area contributed by atoms with Gasteiger partial charge in [-0.05, 0) is 35.9 Å². The molecule has 0 spiro atoms. The molecular weight excluding hydrogens is 426 g/mol. The zero-order valence-electron chi connectivity index (χ0n) is 16.4. The van der Waals surface area contributed by atoms with Crippen molar-refractivity contribution in [3.05, 3.63) is 89.2 Å². The van der Waals surface area contributed by atoms with Crippen LogP contribution in [0.25, 0.3) is 0 Å². The van der Waals surface area contributed by atoms with Gasteiger partial charge in [0.15, 0.2) is 21.4 Å². The second kappa shape index (κ2) is 6.79. The molecule has 0 radical (unpaired) electrons. The molecule has 3 aromatic rings. The minimum atomic E-state index is -1.19. The normalized spacial score (nSPS) is 25.5. The number of hydrogen-bond acceptors (Lipinski definition) is 3. The van der Waals surface area contributed by atoms with Crippen LogP contribution in [0.2, 0.25) is 0 Å². The minimum Gasteiger partial charge on any atom is -0.493 e. The average molecular weight is 445 g/mol. The van der Waals surface area contributed by atoms with Crippen LogP contribution >= 0.6 is 23.2 Å². The molecule has 0 N–H and O–H groups in total. The van der Waals surface area contributed by atoms with Crippen molar-refractivity contribution < 1.29 is 18.6 Å². The van der Waals surface area contributed by atoms with Crippen molar-refractivity contribution >= 4 is 23.2 Å². The summed E-state index contributed by atoms with van der Waals surface area (Å²) in [6.07, 6.45) is 0. The van der Waals surface area contributed by atoms with Gasteiger partial charge in [-0.3, -0.25) is 0 Å². The van der Waals surface area contributed by atoms with E-state index in [0.717, 1.165) is 16.7 Å². The lowest BCUT2D eigenvalue weighted by Crippen LogP contribution is -2.29. The summed E-state index contributed by atoms with van der Waals surface area (Å²) in [5.41, 5.74) is 1.75. The SMILES string of the molecule is COc1ccc([C@]23Oc4ccccc4[C@@H](c4ccc(F)cc4)[C@H]2C3(Cl)Cl)cc1OC. The number of ether oxygens (including phenoxy) is 3. The zero-order chi connectivity index (χ0) is 21.1. The van der Waals surface area contributed by atoms with Crippen molar-refractivity contribution in [1.29, 1.82) is 0 Å². The summed E-state index contributed by atoms with van der Waals surface area (Å²) in [6, 6.07) is 19.8. The predicted molar refractivity (Wildman–Crippen MR) is 114 cm³/mol. The molecule has 2 aliphatic rings. The average Bonchev–Trinajstić information content (AvgIpc) is 3.27. The Balaban J connectivity index is 1.70. The Hall–Kier alpha value is -2.43. The molecule has 1 saturated carbocycles. The molecule has 1 aliphatic carbocycles. The monoisotopic (exact) mass is 444 g/mol. The Labute approximate surface area is 184 Å². The quantitative estimate of drug-likeness (QED) is 0.457. The van der Waals surface area contributed by atoms with E-state index in [9.17, 15) is 4.39 Å². The predicted octanol–water partition coefficient (Wildman–Crippen LogP) is 6.07. The number of alkyl halides is 2. The molecule has 1 heterocycles. The van der Waals surface area contributed by atoms with Gasteiger partial charge in [-0.1, -0.05) is 59.6 Å². The van der Waals surface area contributed by atoms with Crippen molar-refractivity contribution in [2.24, 2.45) is 5.92 Å². The summed E-state index contributed by atoms with van der Waals surface area (Å²) in [5.74, 6) is 1.17. The molecule has 3 nitrogen and oxygen atoms in total. The first kappa shape index (κ1) is 19.5. The fourth-order valence-electron chi connectivity index (χ4n) is 4.71. The van der Waals surface area contributed by atoms with E-state index in [4.69, 9.17) is 37.4 Å². The van der Waals surface area contributed by atoms with Crippen molar-refractivity contribution in [2.75, 3.05) is 14.2 Å². The highest BCUT2D eigenvalue weighted by molar-refractivity contribution is 6.52. The third-order valence-electron chi connectivity index (χ3n) is 6.14. The molecular formula is C24H19Cl2FO3. The van der Waals surface area contributed by atoms with Crippen LogP contribution < -0.4 is 14.2 Å². The zero-order valence-corrected chi connectivity index (χ0v) is 17.9. The number of fused-ring (bicyclic) bond motifs is 2. The number of benzene rings is 3. The maximum absolute atomic E-state index is 13.6. The second-order valence-electron chi connectivity index (χ2n) is 7.58. The van der Waals surface area contributed by atoms with Gasteiger partial charge >= 0.3 is 0 Å². The summed E-state index contributed by atoms with van der Waals surface area (Å²) in [7, 11) is 3.16. The Bertz CT molecular complexity index is 1120. The number of para-hydroxylation sites is 1. The molecule has 3 atom stereocenters. The lowest BCUT2D eigenvalue weighted by Gasteiger charge is -2.32. The van der Waals surface area contributed by atoms with Crippen LogP contribution in [0, 0.1) is 11.7 Å². The second-order valence-corrected chi connectivity index (χ2v) is 8.96. The highest BCUT2D eigenvalue weighted by Crippen LogP contribution is 2.77. The van der Waals surface area contributed by atoms with Gasteiger partial charge < -0.3 is 14.2 Å². The van der Waals surface area contributed by atoms with Gasteiger partial charge in [-0.25, -0.2) is 4.39 Å². The molecule has 0 saturated heterocycles. The summed E-state index contributed by atoms with van der Waals surface area (Å²) in [6.45, 7) is 0. The van der Waals surface area contributed by atoms with Crippen LogP contribution in [-0.4, -0.2) is 18.6 Å². The Kier molecular flexibility index (Phi) is 4.42. The fourth-order valence-corrected chi connectivity index (χ4v) is 5.69. The highest BCUT2D eigenvalue weighted by atomic mass is 35.5. The maximum Gasteiger partial charge on any atom is 0.174 e. The number of hydrogen-bond donors (Lipinski definition) is 0. The summed E-state index contributed by atoms with van der Waals surface area (Å²) in [4.78, 5) is 0. The molecule has 30 heavy (non-hydrogen) atoms. The van der Waals surface area contributed by atoms with Crippen molar-refractivity contribution in [1.82, 2.24) is 0 Å². The Morgan fingerprint density at radius 2 is 1.60 bits per heavy atom. The van der Waals surface area contributed by atoms with E-state index in [1.165, 1.54) is 12.1 Å². The summed E-state index contributed by atoms with van der Waals surface area (Å²) >= 11 is 13.9. The van der Waals surface area contributed by atoms with Gasteiger partial charge in [0.2, 0.25) is 0 Å². The lowest BCUT2D eigenvalue weighted by atomic mass is 9.82. The first-order valence-electron chi connectivity index (χ1n) is 9.57. The number of halogens is 3. The molecule has 0 aromatic heterocycles. The molecule has 1 aliphatic heterocycles. The Morgan fingerprint density at radius 3 is 2.30 bits per heavy atom. The molecule has 3 aromatic carbocycles. The third kappa shape index (κ3) is 2.57. The minimum absolute atomic E-state index is 0.154. The molecule has 154 valence electrons. The van der Waals surface area contributed by atoms with Crippen LogP contribution in [0.3, 0.4) is 0 Å². The first-order valence-corrected chi connectivity index (χ1v) is 10.3. The summed E-state index contributed by atoms with van der Waals surface area (Å²) in [5, 5.41) is 0. The van der Waals surface area contributed by atoms with Gasteiger partial charge in [0.1, 0.15) is 11.6 Å². The maximum atomic E-state index is 13.6. The van der Waals surface area contributed by atoms with Crippen LogP contribution in [0.5, 0.6) is 17.2 Å². The standard InChI is InChI=1S/C24H19Cl2FO3/c1-28-19-12-9-15(13-20(19)29-2)23-22(24(23,25)26)21(14-7-10-16(27)11-8-14)17-5-3-4-6-18(17)30-23/h3-13,21-22H,1-2H3/t21-,22-,23+/m1/s1. The first-order chi connectivity index (χ1) is 14.4. The molecule has 6 heteroatoms. The van der Waals surface area contributed by atoms with Gasteiger partial charge in [0.25, 0.3) is 0 Å². The third-order valence-corrected chi connectivity index (χ3v) is 7.17. The van der Waals surface area contributed by atoms with Gasteiger partial charge in [-0.15, -0.1) is 0 Å². The van der Waals surface area contributed by atoms with Gasteiger partial charge in [-0.2, -0.15) is 0 Å². The van der Waals surface area contributed by atoms with Crippen LogP contribution in [0.15, 0.2) is 66.7 Å². The van der Waals surface area contributed by atoms with E-state index >= 15 is 0 Å². The van der Waals surface area contributed by atoms with E-state index < -0.39 is 9.93 Å². The largest absolute Gasteiger partial charge is 0.493 e. The summed E-state index contributed by atoms with van der Waals surface area (Å²) < 4.78 is 29.8. The fraction of sp³-hybridized carbons (Fsp3) is 0.250. The van der Waals surface area contributed by atoms with Crippen LogP contribution in [0.1, 0.15) is 22.6 Å².